The van der Waals surface area contributed by atoms with Gasteiger partial charge in [0.2, 0.25) is 0 Å². The molecule has 2 aromatic rings. The van der Waals surface area contributed by atoms with Crippen molar-refractivity contribution < 1.29 is 9.84 Å². The Hall–Kier alpha value is -0.810. The zero-order valence-corrected chi connectivity index (χ0v) is 11.9. The van der Waals surface area contributed by atoms with E-state index < -0.39 is 0 Å². The number of halogens is 2. The van der Waals surface area contributed by atoms with E-state index in [1.807, 2.05) is 12.3 Å². The minimum Gasteiger partial charge on any atom is -0.484 e. The largest absolute Gasteiger partial charge is 0.484 e. The molecule has 0 saturated carbocycles. The Morgan fingerprint density at radius 2 is 2.17 bits per heavy atom. The highest BCUT2D eigenvalue weighted by atomic mass is 35.5. The first-order valence-corrected chi connectivity index (χ1v) is 6.86. The van der Waals surface area contributed by atoms with Crippen LogP contribution in [0.15, 0.2) is 17.5 Å². The van der Waals surface area contributed by atoms with Gasteiger partial charge in [-0.1, -0.05) is 23.2 Å². The van der Waals surface area contributed by atoms with Crippen molar-refractivity contribution in [2.75, 3.05) is 0 Å². The monoisotopic (exact) mass is 303 g/mol. The molecule has 0 bridgehead atoms. The van der Waals surface area contributed by atoms with Crippen molar-refractivity contribution in [1.29, 1.82) is 0 Å². The molecule has 0 spiro atoms. The molecule has 0 aliphatic carbocycles. The van der Waals surface area contributed by atoms with Crippen molar-refractivity contribution in [2.45, 2.75) is 20.1 Å². The summed E-state index contributed by atoms with van der Waals surface area (Å²) < 4.78 is 5.61. The second-order valence-electron chi connectivity index (χ2n) is 3.71. The van der Waals surface area contributed by atoms with Gasteiger partial charge in [-0.2, -0.15) is 0 Å². The Morgan fingerprint density at radius 1 is 1.39 bits per heavy atom. The maximum absolute atomic E-state index is 9.26. The fourth-order valence-electron chi connectivity index (χ4n) is 1.50. The molecule has 0 atom stereocenters. The quantitative estimate of drug-likeness (QED) is 0.933. The summed E-state index contributed by atoms with van der Waals surface area (Å²) in [6.07, 6.45) is 0. The lowest BCUT2D eigenvalue weighted by atomic mass is 10.2. The number of aliphatic hydroxyl groups excluding tert-OH is 1. The molecule has 1 aromatic carbocycles. The van der Waals surface area contributed by atoms with Crippen LogP contribution in [0, 0.1) is 6.92 Å². The van der Waals surface area contributed by atoms with E-state index in [9.17, 15) is 5.11 Å². The van der Waals surface area contributed by atoms with Crippen LogP contribution in [-0.4, -0.2) is 10.1 Å². The summed E-state index contributed by atoms with van der Waals surface area (Å²) in [4.78, 5) is 4.29. The molecule has 6 heteroatoms. The minimum atomic E-state index is -0.174. The fraction of sp³-hybridized carbons (Fsp3) is 0.250. The van der Waals surface area contributed by atoms with Gasteiger partial charge in [-0.15, -0.1) is 11.3 Å². The zero-order valence-electron chi connectivity index (χ0n) is 9.61. The average Bonchev–Trinajstić information content (AvgIpc) is 2.73. The molecule has 1 heterocycles. The molecule has 0 aliphatic heterocycles. The topological polar surface area (TPSA) is 42.4 Å². The van der Waals surface area contributed by atoms with Crippen molar-refractivity contribution in [3.63, 3.8) is 0 Å². The molecule has 2 rings (SSSR count). The van der Waals surface area contributed by atoms with Crippen LogP contribution in [0.2, 0.25) is 10.0 Å². The lowest BCUT2D eigenvalue weighted by molar-refractivity contribution is 0.259. The average molecular weight is 304 g/mol. The molecular weight excluding hydrogens is 293 g/mol. The van der Waals surface area contributed by atoms with E-state index in [4.69, 9.17) is 27.9 Å². The van der Waals surface area contributed by atoms with E-state index in [1.165, 1.54) is 11.3 Å². The molecule has 0 saturated heterocycles. The maximum Gasteiger partial charge on any atom is 0.144 e. The van der Waals surface area contributed by atoms with E-state index in [1.54, 1.807) is 12.1 Å². The van der Waals surface area contributed by atoms with Gasteiger partial charge in [0.25, 0.3) is 0 Å². The third-order valence-corrected chi connectivity index (χ3v) is 3.70. The Morgan fingerprint density at radius 3 is 2.78 bits per heavy atom. The van der Waals surface area contributed by atoms with Crippen molar-refractivity contribution >= 4 is 34.5 Å². The number of aliphatic hydroxyl groups is 1. The number of nitrogens with zero attached hydrogens (tertiary/aromatic N) is 1. The summed E-state index contributed by atoms with van der Waals surface area (Å²) in [5, 5.41) is 12.9. The van der Waals surface area contributed by atoms with E-state index in [0.717, 1.165) is 10.7 Å². The predicted molar refractivity (Wildman–Crippen MR) is 73.6 cm³/mol. The summed E-state index contributed by atoms with van der Waals surface area (Å²) in [6, 6.07) is 3.22. The number of aromatic nitrogens is 1. The third kappa shape index (κ3) is 3.14. The van der Waals surface area contributed by atoms with Gasteiger partial charge >= 0.3 is 0 Å². The van der Waals surface area contributed by atoms with Crippen LogP contribution in [-0.2, 0) is 13.2 Å². The first-order chi connectivity index (χ1) is 8.60. The molecule has 0 amide bonds. The minimum absolute atomic E-state index is 0.174. The summed E-state index contributed by atoms with van der Waals surface area (Å²) >= 11 is 13.4. The van der Waals surface area contributed by atoms with E-state index in [0.29, 0.717) is 28.0 Å². The van der Waals surface area contributed by atoms with Crippen LogP contribution in [0.25, 0.3) is 0 Å². The standard InChI is InChI=1S/C12H11Cl2NO2S/c1-7-6-18-11(15-7)5-17-12-8(4-16)2-9(13)3-10(12)14/h2-3,6,16H,4-5H2,1H3. The predicted octanol–water partition coefficient (Wildman–Crippen LogP) is 3.83. The maximum atomic E-state index is 9.26. The second-order valence-corrected chi connectivity index (χ2v) is 5.49. The molecule has 0 radical (unpaired) electrons. The van der Waals surface area contributed by atoms with Gasteiger partial charge in [0.05, 0.1) is 11.6 Å². The first-order valence-electron chi connectivity index (χ1n) is 5.22. The molecule has 1 aromatic heterocycles. The summed E-state index contributed by atoms with van der Waals surface area (Å²) in [5.74, 6) is 0.455. The third-order valence-electron chi connectivity index (χ3n) is 2.26. The number of aryl methyl sites for hydroxylation is 1. The van der Waals surface area contributed by atoms with Gasteiger partial charge in [-0.25, -0.2) is 4.98 Å². The molecule has 1 N–H and O–H groups in total. The van der Waals surface area contributed by atoms with E-state index >= 15 is 0 Å². The van der Waals surface area contributed by atoms with Gasteiger partial charge in [-0.3, -0.25) is 0 Å². The van der Waals surface area contributed by atoms with Crippen molar-refractivity contribution in [3.05, 3.63) is 43.8 Å². The highest BCUT2D eigenvalue weighted by Gasteiger charge is 2.11. The SMILES string of the molecule is Cc1csc(COc2c(Cl)cc(Cl)cc2CO)n1. The number of benzene rings is 1. The second kappa shape index (κ2) is 5.89. The Labute approximate surface area is 119 Å². The first kappa shape index (κ1) is 13.6. The van der Waals surface area contributed by atoms with Crippen LogP contribution < -0.4 is 4.74 Å². The van der Waals surface area contributed by atoms with Crippen LogP contribution in [0.3, 0.4) is 0 Å². The van der Waals surface area contributed by atoms with Crippen LogP contribution >= 0.6 is 34.5 Å². The fourth-order valence-corrected chi connectivity index (χ4v) is 2.77. The molecule has 0 aliphatic rings. The smallest absolute Gasteiger partial charge is 0.144 e. The Bertz CT molecular complexity index is 557. The molecule has 96 valence electrons. The lowest BCUT2D eigenvalue weighted by Gasteiger charge is -2.11. The van der Waals surface area contributed by atoms with E-state index in [2.05, 4.69) is 4.98 Å². The lowest BCUT2D eigenvalue weighted by Crippen LogP contribution is -1.99. The van der Waals surface area contributed by atoms with Gasteiger partial charge in [0, 0.05) is 21.7 Å². The molecule has 18 heavy (non-hydrogen) atoms. The number of hydrogen-bond acceptors (Lipinski definition) is 4. The van der Waals surface area contributed by atoms with Gasteiger partial charge in [-0.05, 0) is 19.1 Å². The number of thiazole rings is 1. The van der Waals surface area contributed by atoms with Crippen LogP contribution in [0.1, 0.15) is 16.3 Å². The summed E-state index contributed by atoms with van der Waals surface area (Å²) in [6.45, 7) is 2.08. The van der Waals surface area contributed by atoms with Gasteiger partial charge in [0.1, 0.15) is 17.4 Å². The van der Waals surface area contributed by atoms with Crippen molar-refractivity contribution in [2.24, 2.45) is 0 Å². The van der Waals surface area contributed by atoms with Crippen molar-refractivity contribution in [1.82, 2.24) is 4.98 Å². The highest BCUT2D eigenvalue weighted by Crippen LogP contribution is 2.33. The Kier molecular flexibility index (Phi) is 4.45. The van der Waals surface area contributed by atoms with Crippen LogP contribution in [0.4, 0.5) is 0 Å². The Balaban J connectivity index is 2.18. The summed E-state index contributed by atoms with van der Waals surface area (Å²) in [7, 11) is 0. The van der Waals surface area contributed by atoms with Gasteiger partial charge in [0.15, 0.2) is 0 Å². The van der Waals surface area contributed by atoms with Crippen molar-refractivity contribution in [3.8, 4) is 5.75 Å². The number of ether oxygens (including phenoxy) is 1. The molecule has 0 unspecified atom stereocenters. The zero-order chi connectivity index (χ0) is 13.1. The number of rotatable bonds is 4. The molecular formula is C12H11Cl2NO2S. The molecule has 0 fully saturated rings. The van der Waals surface area contributed by atoms with Crippen LogP contribution in [0.5, 0.6) is 5.75 Å². The highest BCUT2D eigenvalue weighted by molar-refractivity contribution is 7.09. The molecule has 3 nitrogen and oxygen atoms in total. The van der Waals surface area contributed by atoms with E-state index in [-0.39, 0.29) is 6.61 Å². The van der Waals surface area contributed by atoms with Gasteiger partial charge < -0.3 is 9.84 Å². The summed E-state index contributed by atoms with van der Waals surface area (Å²) in [5.41, 5.74) is 1.53. The number of hydrogen-bond donors (Lipinski definition) is 1. The normalized spacial score (nSPS) is 10.7.